The van der Waals surface area contributed by atoms with Gasteiger partial charge < -0.3 is 19.9 Å². The van der Waals surface area contributed by atoms with Crippen LogP contribution >= 0.6 is 0 Å². The summed E-state index contributed by atoms with van der Waals surface area (Å²) in [6.45, 7) is 4.25. The number of benzene rings is 1. The molecule has 0 radical (unpaired) electrons. The van der Waals surface area contributed by atoms with E-state index in [4.69, 9.17) is 19.9 Å². The largest absolute Gasteiger partial charge is 0.496 e. The Morgan fingerprint density at radius 1 is 1.00 bits per heavy atom. The van der Waals surface area contributed by atoms with E-state index in [1.54, 1.807) is 21.3 Å². The van der Waals surface area contributed by atoms with Crippen LogP contribution in [0.15, 0.2) is 12.1 Å². The maximum Gasteiger partial charge on any atom is 0.164 e. The van der Waals surface area contributed by atoms with Crippen molar-refractivity contribution in [3.8, 4) is 17.2 Å². The Hall–Kier alpha value is -1.42. The highest BCUT2D eigenvalue weighted by molar-refractivity contribution is 5.51. The molecule has 0 bridgehead atoms. The zero-order valence-electron chi connectivity index (χ0n) is 11.8. The minimum absolute atomic E-state index is 0.0789. The fourth-order valence-corrected chi connectivity index (χ4v) is 1.87. The van der Waals surface area contributed by atoms with Gasteiger partial charge in [0, 0.05) is 17.7 Å². The maximum absolute atomic E-state index is 6.26. The zero-order valence-corrected chi connectivity index (χ0v) is 11.8. The van der Waals surface area contributed by atoms with Crippen LogP contribution < -0.4 is 19.9 Å². The molecule has 0 aliphatic carbocycles. The Balaban J connectivity index is 3.24. The molecule has 1 aromatic rings. The minimum Gasteiger partial charge on any atom is -0.496 e. The van der Waals surface area contributed by atoms with Crippen LogP contribution in [0, 0.1) is 5.92 Å². The minimum atomic E-state index is -0.0789. The molecule has 2 N–H and O–H groups in total. The van der Waals surface area contributed by atoms with E-state index in [-0.39, 0.29) is 6.04 Å². The summed E-state index contributed by atoms with van der Waals surface area (Å²) in [6.07, 6.45) is 1.01. The van der Waals surface area contributed by atoms with Gasteiger partial charge in [-0.2, -0.15) is 0 Å². The molecule has 0 spiro atoms. The van der Waals surface area contributed by atoms with E-state index in [9.17, 15) is 0 Å². The third-order valence-corrected chi connectivity index (χ3v) is 3.35. The SMILES string of the molecule is CCC(C)[C@H](N)c1cc(OC)c(OC)cc1OC. The van der Waals surface area contributed by atoms with Gasteiger partial charge in [-0.15, -0.1) is 0 Å². The Labute approximate surface area is 109 Å². The van der Waals surface area contributed by atoms with E-state index < -0.39 is 0 Å². The van der Waals surface area contributed by atoms with Gasteiger partial charge in [-0.1, -0.05) is 20.3 Å². The molecule has 102 valence electrons. The van der Waals surface area contributed by atoms with Gasteiger partial charge >= 0.3 is 0 Å². The van der Waals surface area contributed by atoms with E-state index in [2.05, 4.69) is 13.8 Å². The summed E-state index contributed by atoms with van der Waals surface area (Å²) < 4.78 is 15.9. The summed E-state index contributed by atoms with van der Waals surface area (Å²) in [5.74, 6) is 2.43. The Kier molecular flexibility index (Phi) is 5.28. The standard InChI is InChI=1S/C14H23NO3/c1-6-9(2)14(15)10-7-12(17-4)13(18-5)8-11(10)16-3/h7-9,14H,6,15H2,1-5H3/t9?,14-/m0/s1. The Morgan fingerprint density at radius 2 is 1.50 bits per heavy atom. The van der Waals surface area contributed by atoms with Crippen molar-refractivity contribution in [2.45, 2.75) is 26.3 Å². The van der Waals surface area contributed by atoms with Crippen LogP contribution in [0.3, 0.4) is 0 Å². The maximum atomic E-state index is 6.26. The van der Waals surface area contributed by atoms with E-state index in [0.29, 0.717) is 17.4 Å². The lowest BCUT2D eigenvalue weighted by atomic mass is 9.92. The number of rotatable bonds is 6. The highest BCUT2D eigenvalue weighted by Gasteiger charge is 2.20. The molecule has 4 nitrogen and oxygen atoms in total. The van der Waals surface area contributed by atoms with Gasteiger partial charge in [0.2, 0.25) is 0 Å². The molecule has 0 fully saturated rings. The smallest absolute Gasteiger partial charge is 0.164 e. The second-order valence-electron chi connectivity index (χ2n) is 4.36. The van der Waals surface area contributed by atoms with Gasteiger partial charge in [0.05, 0.1) is 21.3 Å². The fraction of sp³-hybridized carbons (Fsp3) is 0.571. The van der Waals surface area contributed by atoms with Gasteiger partial charge in [0.15, 0.2) is 11.5 Å². The van der Waals surface area contributed by atoms with E-state index >= 15 is 0 Å². The molecule has 0 saturated carbocycles. The predicted molar refractivity (Wildman–Crippen MR) is 72.5 cm³/mol. The average Bonchev–Trinajstić information content (AvgIpc) is 2.43. The Morgan fingerprint density at radius 3 is 1.94 bits per heavy atom. The summed E-state index contributed by atoms with van der Waals surface area (Å²) in [6, 6.07) is 3.63. The molecule has 0 heterocycles. The van der Waals surface area contributed by atoms with Gasteiger partial charge in [-0.3, -0.25) is 0 Å². The first kappa shape index (κ1) is 14.6. The second-order valence-corrected chi connectivity index (χ2v) is 4.36. The molecule has 4 heteroatoms. The molecule has 0 saturated heterocycles. The number of nitrogens with two attached hydrogens (primary N) is 1. The number of methoxy groups -OCH3 is 3. The molecule has 18 heavy (non-hydrogen) atoms. The normalized spacial score (nSPS) is 13.9. The lowest BCUT2D eigenvalue weighted by Gasteiger charge is -2.22. The summed E-state index contributed by atoms with van der Waals surface area (Å²) in [7, 11) is 4.85. The number of ether oxygens (including phenoxy) is 3. The van der Waals surface area contributed by atoms with Crippen LogP contribution in [-0.2, 0) is 0 Å². The zero-order chi connectivity index (χ0) is 13.7. The van der Waals surface area contributed by atoms with E-state index in [0.717, 1.165) is 17.7 Å². The third-order valence-electron chi connectivity index (χ3n) is 3.35. The Bertz CT molecular complexity index is 393. The van der Waals surface area contributed by atoms with Crippen molar-refractivity contribution in [2.75, 3.05) is 21.3 Å². The first-order chi connectivity index (χ1) is 8.58. The van der Waals surface area contributed by atoms with Crippen molar-refractivity contribution < 1.29 is 14.2 Å². The molecule has 1 rings (SSSR count). The van der Waals surface area contributed by atoms with Gasteiger partial charge in [-0.05, 0) is 12.0 Å². The van der Waals surface area contributed by atoms with E-state index in [1.807, 2.05) is 12.1 Å². The number of hydrogen-bond acceptors (Lipinski definition) is 4. The van der Waals surface area contributed by atoms with Gasteiger partial charge in [0.1, 0.15) is 5.75 Å². The quantitative estimate of drug-likeness (QED) is 0.847. The summed E-state index contributed by atoms with van der Waals surface area (Å²) in [5, 5.41) is 0. The summed E-state index contributed by atoms with van der Waals surface area (Å²) >= 11 is 0. The summed E-state index contributed by atoms with van der Waals surface area (Å²) in [4.78, 5) is 0. The molecule has 1 aromatic carbocycles. The lowest BCUT2D eigenvalue weighted by molar-refractivity contribution is 0.343. The van der Waals surface area contributed by atoms with Crippen LogP contribution in [-0.4, -0.2) is 21.3 Å². The van der Waals surface area contributed by atoms with Crippen LogP contribution in [0.2, 0.25) is 0 Å². The van der Waals surface area contributed by atoms with Gasteiger partial charge in [0.25, 0.3) is 0 Å². The topological polar surface area (TPSA) is 53.7 Å². The van der Waals surface area contributed by atoms with E-state index in [1.165, 1.54) is 0 Å². The lowest BCUT2D eigenvalue weighted by Crippen LogP contribution is -2.19. The first-order valence-corrected chi connectivity index (χ1v) is 6.14. The van der Waals surface area contributed by atoms with Crippen LogP contribution in [0.25, 0.3) is 0 Å². The fourth-order valence-electron chi connectivity index (χ4n) is 1.87. The second kappa shape index (κ2) is 6.50. The molecule has 2 atom stereocenters. The highest BCUT2D eigenvalue weighted by atomic mass is 16.5. The molecule has 0 aliphatic rings. The van der Waals surface area contributed by atoms with Crippen molar-refractivity contribution in [3.05, 3.63) is 17.7 Å². The summed E-state index contributed by atoms with van der Waals surface area (Å²) in [5.41, 5.74) is 7.21. The highest BCUT2D eigenvalue weighted by Crippen LogP contribution is 2.38. The van der Waals surface area contributed by atoms with Crippen molar-refractivity contribution >= 4 is 0 Å². The molecule has 0 amide bonds. The molecule has 1 unspecified atom stereocenters. The first-order valence-electron chi connectivity index (χ1n) is 6.14. The molecular formula is C14H23NO3. The average molecular weight is 253 g/mol. The van der Waals surface area contributed by atoms with Crippen molar-refractivity contribution in [1.82, 2.24) is 0 Å². The van der Waals surface area contributed by atoms with Gasteiger partial charge in [-0.25, -0.2) is 0 Å². The monoisotopic (exact) mass is 253 g/mol. The molecule has 0 aliphatic heterocycles. The molecular weight excluding hydrogens is 230 g/mol. The predicted octanol–water partition coefficient (Wildman–Crippen LogP) is 2.76. The third kappa shape index (κ3) is 2.88. The van der Waals surface area contributed by atoms with Crippen molar-refractivity contribution in [2.24, 2.45) is 11.7 Å². The van der Waals surface area contributed by atoms with Crippen LogP contribution in [0.4, 0.5) is 0 Å². The molecule has 0 aromatic heterocycles. The number of hydrogen-bond donors (Lipinski definition) is 1. The van der Waals surface area contributed by atoms with Crippen molar-refractivity contribution in [1.29, 1.82) is 0 Å². The van der Waals surface area contributed by atoms with Crippen LogP contribution in [0.1, 0.15) is 31.9 Å². The van der Waals surface area contributed by atoms with Crippen LogP contribution in [0.5, 0.6) is 17.2 Å². The van der Waals surface area contributed by atoms with Crippen molar-refractivity contribution in [3.63, 3.8) is 0 Å².